The maximum absolute atomic E-state index is 12.2. The molecule has 146 valence electrons. The Balaban J connectivity index is 2.11. The van der Waals surface area contributed by atoms with Crippen molar-refractivity contribution in [1.82, 2.24) is 4.90 Å². The highest BCUT2D eigenvalue weighted by Crippen LogP contribution is 2.32. The molecule has 0 bridgehead atoms. The quantitative estimate of drug-likeness (QED) is 0.681. The summed E-state index contributed by atoms with van der Waals surface area (Å²) in [7, 11) is 3.36. The first-order chi connectivity index (χ1) is 12.8. The molecule has 2 aromatic rings. The van der Waals surface area contributed by atoms with Crippen LogP contribution in [-0.4, -0.2) is 37.3 Å². The monoisotopic (exact) mass is 371 g/mol. The molecule has 0 heterocycles. The molecule has 1 atom stereocenters. The summed E-state index contributed by atoms with van der Waals surface area (Å²) < 4.78 is 17.1. The van der Waals surface area contributed by atoms with Crippen molar-refractivity contribution in [1.29, 1.82) is 0 Å². The number of carbonyl (C=O) groups excluding carboxylic acids is 1. The molecule has 5 heteroatoms. The van der Waals surface area contributed by atoms with Gasteiger partial charge in [-0.15, -0.1) is 0 Å². The van der Waals surface area contributed by atoms with Gasteiger partial charge in [0.05, 0.1) is 7.11 Å². The SMILES string of the molecule is COc1ccccc1O[C@H](CCN(C)C(=O)OC(C)(C)C)c1ccccc1. The third-order valence-corrected chi connectivity index (χ3v) is 3.94. The normalized spacial score (nSPS) is 12.2. The van der Waals surface area contributed by atoms with Gasteiger partial charge in [0.2, 0.25) is 0 Å². The first-order valence-corrected chi connectivity index (χ1v) is 9.09. The molecule has 0 aliphatic heterocycles. The van der Waals surface area contributed by atoms with Crippen molar-refractivity contribution >= 4 is 6.09 Å². The fourth-order valence-electron chi connectivity index (χ4n) is 2.57. The molecule has 1 amide bonds. The van der Waals surface area contributed by atoms with Crippen LogP contribution in [0.4, 0.5) is 4.79 Å². The minimum Gasteiger partial charge on any atom is -0.493 e. The lowest BCUT2D eigenvalue weighted by Gasteiger charge is -2.26. The van der Waals surface area contributed by atoms with Gasteiger partial charge in [-0.1, -0.05) is 42.5 Å². The number of hydrogen-bond acceptors (Lipinski definition) is 4. The molecule has 0 saturated carbocycles. The van der Waals surface area contributed by atoms with Gasteiger partial charge >= 0.3 is 6.09 Å². The number of benzene rings is 2. The van der Waals surface area contributed by atoms with Crippen molar-refractivity contribution in [3.63, 3.8) is 0 Å². The summed E-state index contributed by atoms with van der Waals surface area (Å²) in [6.07, 6.45) is 0.0663. The molecule has 0 N–H and O–H groups in total. The van der Waals surface area contributed by atoms with Crippen LogP contribution in [0.1, 0.15) is 38.9 Å². The molecule has 0 fully saturated rings. The van der Waals surface area contributed by atoms with Gasteiger partial charge < -0.3 is 19.1 Å². The number of para-hydroxylation sites is 2. The second-order valence-electron chi connectivity index (χ2n) is 7.36. The first-order valence-electron chi connectivity index (χ1n) is 9.09. The molecule has 0 aliphatic carbocycles. The molecule has 5 nitrogen and oxygen atoms in total. The van der Waals surface area contributed by atoms with E-state index < -0.39 is 5.60 Å². The maximum Gasteiger partial charge on any atom is 0.410 e. The zero-order valence-electron chi connectivity index (χ0n) is 16.8. The van der Waals surface area contributed by atoms with E-state index in [0.717, 1.165) is 5.56 Å². The zero-order valence-corrected chi connectivity index (χ0v) is 16.8. The highest BCUT2D eigenvalue weighted by Gasteiger charge is 2.22. The first kappa shape index (κ1) is 20.6. The van der Waals surface area contributed by atoms with E-state index in [2.05, 4.69) is 0 Å². The van der Waals surface area contributed by atoms with Crippen LogP contribution < -0.4 is 9.47 Å². The summed E-state index contributed by atoms with van der Waals surface area (Å²) in [5.41, 5.74) is 0.527. The van der Waals surface area contributed by atoms with E-state index in [0.29, 0.717) is 24.5 Å². The van der Waals surface area contributed by atoms with E-state index >= 15 is 0 Å². The van der Waals surface area contributed by atoms with E-state index in [4.69, 9.17) is 14.2 Å². The van der Waals surface area contributed by atoms with E-state index in [-0.39, 0.29) is 12.2 Å². The molecule has 27 heavy (non-hydrogen) atoms. The molecule has 0 saturated heterocycles. The largest absolute Gasteiger partial charge is 0.493 e. The summed E-state index contributed by atoms with van der Waals surface area (Å²) in [6.45, 7) is 6.08. The number of rotatable bonds is 7. The minimum atomic E-state index is -0.516. The number of methoxy groups -OCH3 is 1. The summed E-state index contributed by atoms with van der Waals surface area (Å²) in [5.74, 6) is 1.35. The fraction of sp³-hybridized carbons (Fsp3) is 0.409. The Morgan fingerprint density at radius 1 is 1.00 bits per heavy atom. The lowest BCUT2D eigenvalue weighted by molar-refractivity contribution is 0.0278. The van der Waals surface area contributed by atoms with Crippen LogP contribution in [-0.2, 0) is 4.74 Å². The number of carbonyl (C=O) groups is 1. The van der Waals surface area contributed by atoms with Crippen molar-refractivity contribution in [3.8, 4) is 11.5 Å². The molecule has 0 spiro atoms. The van der Waals surface area contributed by atoms with Gasteiger partial charge in [0.25, 0.3) is 0 Å². The van der Waals surface area contributed by atoms with Crippen LogP contribution in [0.15, 0.2) is 54.6 Å². The van der Waals surface area contributed by atoms with Crippen LogP contribution in [0.2, 0.25) is 0 Å². The average molecular weight is 371 g/mol. The van der Waals surface area contributed by atoms with Crippen molar-refractivity contribution < 1.29 is 19.0 Å². The van der Waals surface area contributed by atoms with Crippen LogP contribution >= 0.6 is 0 Å². The van der Waals surface area contributed by atoms with E-state index in [9.17, 15) is 4.79 Å². The number of nitrogens with zero attached hydrogens (tertiary/aromatic N) is 1. The van der Waals surface area contributed by atoms with Gasteiger partial charge in [0, 0.05) is 20.0 Å². The molecule has 2 aromatic carbocycles. The molecular formula is C22H29NO4. The van der Waals surface area contributed by atoms with Crippen LogP contribution in [0, 0.1) is 0 Å². The minimum absolute atomic E-state index is 0.215. The number of amides is 1. The van der Waals surface area contributed by atoms with Crippen molar-refractivity contribution in [2.75, 3.05) is 20.7 Å². The predicted molar refractivity (Wildman–Crippen MR) is 106 cm³/mol. The number of hydrogen-bond donors (Lipinski definition) is 0. The molecule has 2 rings (SSSR count). The Hall–Kier alpha value is -2.69. The van der Waals surface area contributed by atoms with Gasteiger partial charge in [-0.2, -0.15) is 0 Å². The average Bonchev–Trinajstić information content (AvgIpc) is 2.64. The van der Waals surface area contributed by atoms with Crippen molar-refractivity contribution in [2.24, 2.45) is 0 Å². The lowest BCUT2D eigenvalue weighted by Crippen LogP contribution is -2.35. The second-order valence-corrected chi connectivity index (χ2v) is 7.36. The molecule has 0 unspecified atom stereocenters. The van der Waals surface area contributed by atoms with Crippen LogP contribution in [0.5, 0.6) is 11.5 Å². The van der Waals surface area contributed by atoms with Crippen LogP contribution in [0.3, 0.4) is 0 Å². The van der Waals surface area contributed by atoms with Gasteiger partial charge in [-0.25, -0.2) is 4.79 Å². The van der Waals surface area contributed by atoms with Crippen molar-refractivity contribution in [2.45, 2.75) is 38.9 Å². The standard InChI is InChI=1S/C22H29NO4/c1-22(2,3)27-21(24)23(4)16-15-18(17-11-7-6-8-12-17)26-20-14-10-9-13-19(20)25-5/h6-14,18H,15-16H2,1-5H3/t18-/m1/s1. The lowest BCUT2D eigenvalue weighted by atomic mass is 10.1. The third-order valence-electron chi connectivity index (χ3n) is 3.94. The molecular weight excluding hydrogens is 342 g/mol. The van der Waals surface area contributed by atoms with E-state index in [1.165, 1.54) is 0 Å². The van der Waals surface area contributed by atoms with Gasteiger partial charge in [-0.3, -0.25) is 0 Å². The Labute approximate surface area is 161 Å². The summed E-state index contributed by atoms with van der Waals surface area (Å²) >= 11 is 0. The maximum atomic E-state index is 12.2. The highest BCUT2D eigenvalue weighted by atomic mass is 16.6. The Bertz CT molecular complexity index is 725. The molecule has 0 aliphatic rings. The third kappa shape index (κ3) is 6.51. The zero-order chi connectivity index (χ0) is 19.9. The van der Waals surface area contributed by atoms with Gasteiger partial charge in [0.15, 0.2) is 11.5 Å². The fourth-order valence-corrected chi connectivity index (χ4v) is 2.57. The molecule has 0 aromatic heterocycles. The summed E-state index contributed by atoms with van der Waals surface area (Å²) in [6, 6.07) is 17.5. The van der Waals surface area contributed by atoms with Crippen molar-refractivity contribution in [3.05, 3.63) is 60.2 Å². The van der Waals surface area contributed by atoms with Gasteiger partial charge in [0.1, 0.15) is 11.7 Å². The smallest absolute Gasteiger partial charge is 0.410 e. The summed E-state index contributed by atoms with van der Waals surface area (Å²) in [5, 5.41) is 0. The topological polar surface area (TPSA) is 48.0 Å². The Morgan fingerprint density at radius 3 is 2.19 bits per heavy atom. The molecule has 0 radical (unpaired) electrons. The van der Waals surface area contributed by atoms with Crippen LogP contribution in [0.25, 0.3) is 0 Å². The Kier molecular flexibility index (Phi) is 7.11. The Morgan fingerprint density at radius 2 is 1.59 bits per heavy atom. The highest BCUT2D eigenvalue weighted by molar-refractivity contribution is 5.67. The predicted octanol–water partition coefficient (Wildman–Crippen LogP) is 5.07. The van der Waals surface area contributed by atoms with E-state index in [1.807, 2.05) is 75.4 Å². The summed E-state index contributed by atoms with van der Waals surface area (Å²) in [4.78, 5) is 13.8. The van der Waals surface area contributed by atoms with E-state index in [1.54, 1.807) is 19.1 Å². The second kappa shape index (κ2) is 9.31. The van der Waals surface area contributed by atoms with Gasteiger partial charge in [-0.05, 0) is 38.5 Å². The number of ether oxygens (including phenoxy) is 3.